The van der Waals surface area contributed by atoms with Crippen LogP contribution in [0.4, 0.5) is 11.4 Å². The maximum absolute atomic E-state index is 12.8. The number of aryl methyl sites for hydroxylation is 1. The SMILES string of the molecule is COc1ccc(NC(=O)CN2C(=O)C(C)Oc3ccc(-c4csc(C)n4)cc32)cc1. The topological polar surface area (TPSA) is 80.8 Å². The molecule has 0 spiro atoms. The Morgan fingerprint density at radius 3 is 2.70 bits per heavy atom. The first-order valence-electron chi connectivity index (χ1n) is 9.43. The van der Waals surface area contributed by atoms with E-state index in [2.05, 4.69) is 10.3 Å². The highest BCUT2D eigenvalue weighted by atomic mass is 32.1. The second kappa shape index (κ2) is 8.16. The quantitative estimate of drug-likeness (QED) is 0.674. The van der Waals surface area contributed by atoms with E-state index in [1.54, 1.807) is 49.6 Å². The van der Waals surface area contributed by atoms with Crippen molar-refractivity contribution in [3.05, 3.63) is 52.9 Å². The van der Waals surface area contributed by atoms with E-state index >= 15 is 0 Å². The molecule has 0 saturated heterocycles. The summed E-state index contributed by atoms with van der Waals surface area (Å²) in [6.07, 6.45) is -0.668. The number of rotatable bonds is 5. The van der Waals surface area contributed by atoms with Crippen LogP contribution in [-0.4, -0.2) is 36.6 Å². The molecular formula is C22H21N3O4S. The summed E-state index contributed by atoms with van der Waals surface area (Å²) in [5, 5.41) is 5.74. The van der Waals surface area contributed by atoms with E-state index in [1.807, 2.05) is 30.5 Å². The lowest BCUT2D eigenvalue weighted by Crippen LogP contribution is -2.47. The predicted octanol–water partition coefficient (Wildman–Crippen LogP) is 3.88. The van der Waals surface area contributed by atoms with Gasteiger partial charge in [0, 0.05) is 16.6 Å². The fourth-order valence-corrected chi connectivity index (χ4v) is 3.87. The normalized spacial score (nSPS) is 15.4. The number of methoxy groups -OCH3 is 1. The van der Waals surface area contributed by atoms with Gasteiger partial charge in [0.1, 0.15) is 18.0 Å². The zero-order valence-corrected chi connectivity index (χ0v) is 17.7. The molecule has 8 heteroatoms. The standard InChI is InChI=1S/C22H21N3O4S/c1-13-22(27)25(11-21(26)24-16-5-7-17(28-3)8-6-16)19-10-15(4-9-20(19)29-13)18-12-30-14(2)23-18/h4-10,12-13H,11H2,1-3H3,(H,24,26). The third-order valence-electron chi connectivity index (χ3n) is 4.76. The van der Waals surface area contributed by atoms with E-state index in [-0.39, 0.29) is 18.4 Å². The van der Waals surface area contributed by atoms with Crippen molar-refractivity contribution in [1.29, 1.82) is 0 Å². The third kappa shape index (κ3) is 3.99. The monoisotopic (exact) mass is 423 g/mol. The van der Waals surface area contributed by atoms with Gasteiger partial charge in [-0.15, -0.1) is 11.3 Å². The molecule has 1 atom stereocenters. The number of anilines is 2. The van der Waals surface area contributed by atoms with Gasteiger partial charge in [-0.2, -0.15) is 0 Å². The number of carbonyl (C=O) groups excluding carboxylic acids is 2. The van der Waals surface area contributed by atoms with E-state index in [0.29, 0.717) is 22.9 Å². The van der Waals surface area contributed by atoms with Gasteiger partial charge in [0.05, 0.1) is 23.5 Å². The number of ether oxygens (including phenoxy) is 2. The summed E-state index contributed by atoms with van der Waals surface area (Å²) in [7, 11) is 1.58. The van der Waals surface area contributed by atoms with Crippen molar-refractivity contribution in [2.45, 2.75) is 20.0 Å². The summed E-state index contributed by atoms with van der Waals surface area (Å²) in [5.41, 5.74) is 2.88. The van der Waals surface area contributed by atoms with Gasteiger partial charge in [0.15, 0.2) is 6.10 Å². The van der Waals surface area contributed by atoms with E-state index in [0.717, 1.165) is 16.3 Å². The summed E-state index contributed by atoms with van der Waals surface area (Å²) >= 11 is 1.56. The number of nitrogens with zero attached hydrogens (tertiary/aromatic N) is 2. The van der Waals surface area contributed by atoms with Crippen LogP contribution in [0.3, 0.4) is 0 Å². The van der Waals surface area contributed by atoms with Gasteiger partial charge >= 0.3 is 0 Å². The molecule has 1 unspecified atom stereocenters. The van der Waals surface area contributed by atoms with Gasteiger partial charge in [-0.1, -0.05) is 0 Å². The number of nitrogens with one attached hydrogen (secondary N) is 1. The Morgan fingerprint density at radius 2 is 2.03 bits per heavy atom. The van der Waals surface area contributed by atoms with Gasteiger partial charge in [0.25, 0.3) is 5.91 Å². The van der Waals surface area contributed by atoms with Crippen LogP contribution in [0.2, 0.25) is 0 Å². The number of aromatic nitrogens is 1. The molecule has 1 aliphatic heterocycles. The van der Waals surface area contributed by atoms with Crippen LogP contribution in [0.5, 0.6) is 11.5 Å². The first-order chi connectivity index (χ1) is 14.4. The number of amides is 2. The number of thiazole rings is 1. The average Bonchev–Trinajstić information content (AvgIpc) is 3.18. The van der Waals surface area contributed by atoms with Gasteiger partial charge in [-0.05, 0) is 56.3 Å². The molecule has 0 fully saturated rings. The Labute approximate surface area is 178 Å². The second-order valence-electron chi connectivity index (χ2n) is 6.90. The number of carbonyl (C=O) groups is 2. The lowest BCUT2D eigenvalue weighted by molar-refractivity contribution is -0.127. The van der Waals surface area contributed by atoms with Gasteiger partial charge in [0.2, 0.25) is 5.91 Å². The van der Waals surface area contributed by atoms with E-state index in [4.69, 9.17) is 9.47 Å². The Hall–Kier alpha value is -3.39. The van der Waals surface area contributed by atoms with Crippen molar-refractivity contribution >= 4 is 34.5 Å². The minimum absolute atomic E-state index is 0.120. The van der Waals surface area contributed by atoms with E-state index < -0.39 is 6.10 Å². The highest BCUT2D eigenvalue weighted by Crippen LogP contribution is 2.37. The highest BCUT2D eigenvalue weighted by Gasteiger charge is 2.33. The molecule has 1 N–H and O–H groups in total. The first-order valence-corrected chi connectivity index (χ1v) is 10.3. The number of hydrogen-bond acceptors (Lipinski definition) is 6. The Balaban J connectivity index is 1.59. The molecule has 2 heterocycles. The predicted molar refractivity (Wildman–Crippen MR) is 116 cm³/mol. The first kappa shape index (κ1) is 19.9. The molecule has 30 heavy (non-hydrogen) atoms. The largest absolute Gasteiger partial charge is 0.497 e. The van der Waals surface area contributed by atoms with Crippen LogP contribution < -0.4 is 19.7 Å². The summed E-state index contributed by atoms with van der Waals surface area (Å²) in [6, 6.07) is 12.6. The summed E-state index contributed by atoms with van der Waals surface area (Å²) in [6.45, 7) is 3.50. The maximum Gasteiger partial charge on any atom is 0.268 e. The van der Waals surface area contributed by atoms with Crippen LogP contribution in [0.15, 0.2) is 47.8 Å². The molecule has 0 radical (unpaired) electrons. The Morgan fingerprint density at radius 1 is 1.27 bits per heavy atom. The van der Waals surface area contributed by atoms with Crippen molar-refractivity contribution < 1.29 is 19.1 Å². The van der Waals surface area contributed by atoms with Crippen LogP contribution in [0, 0.1) is 6.92 Å². The summed E-state index contributed by atoms with van der Waals surface area (Å²) in [4.78, 5) is 31.4. The fraction of sp³-hybridized carbons (Fsp3) is 0.227. The molecule has 2 aromatic carbocycles. The molecule has 0 saturated carbocycles. The molecule has 0 bridgehead atoms. The van der Waals surface area contributed by atoms with Crippen molar-refractivity contribution in [2.75, 3.05) is 23.9 Å². The molecule has 1 aromatic heterocycles. The molecule has 3 aromatic rings. The third-order valence-corrected chi connectivity index (χ3v) is 5.53. The molecule has 4 rings (SSSR count). The van der Waals surface area contributed by atoms with Crippen molar-refractivity contribution in [2.24, 2.45) is 0 Å². The number of fused-ring (bicyclic) bond motifs is 1. The fourth-order valence-electron chi connectivity index (χ4n) is 3.24. The van der Waals surface area contributed by atoms with Crippen LogP contribution in [0.1, 0.15) is 11.9 Å². The minimum Gasteiger partial charge on any atom is -0.497 e. The van der Waals surface area contributed by atoms with Crippen LogP contribution in [0.25, 0.3) is 11.3 Å². The van der Waals surface area contributed by atoms with Crippen molar-refractivity contribution in [3.63, 3.8) is 0 Å². The smallest absolute Gasteiger partial charge is 0.268 e. The second-order valence-corrected chi connectivity index (χ2v) is 7.96. The zero-order chi connectivity index (χ0) is 21.3. The van der Waals surface area contributed by atoms with Gasteiger partial charge in [-0.3, -0.25) is 14.5 Å². The molecule has 154 valence electrons. The summed E-state index contributed by atoms with van der Waals surface area (Å²) < 4.78 is 10.9. The van der Waals surface area contributed by atoms with E-state index in [9.17, 15) is 9.59 Å². The molecular weight excluding hydrogens is 402 g/mol. The maximum atomic E-state index is 12.8. The van der Waals surface area contributed by atoms with E-state index in [1.165, 1.54) is 4.90 Å². The van der Waals surface area contributed by atoms with Crippen LogP contribution >= 0.6 is 11.3 Å². The van der Waals surface area contributed by atoms with Crippen molar-refractivity contribution in [3.8, 4) is 22.8 Å². The number of benzene rings is 2. The lowest BCUT2D eigenvalue weighted by atomic mass is 10.1. The van der Waals surface area contributed by atoms with Crippen molar-refractivity contribution in [1.82, 2.24) is 4.98 Å². The molecule has 7 nitrogen and oxygen atoms in total. The molecule has 2 amide bonds. The Kier molecular flexibility index (Phi) is 5.41. The van der Waals surface area contributed by atoms with Gasteiger partial charge < -0.3 is 14.8 Å². The average molecular weight is 423 g/mol. The summed E-state index contributed by atoms with van der Waals surface area (Å²) in [5.74, 6) is 0.696. The zero-order valence-electron chi connectivity index (χ0n) is 16.8. The lowest BCUT2D eigenvalue weighted by Gasteiger charge is -2.32. The van der Waals surface area contributed by atoms with Gasteiger partial charge in [-0.25, -0.2) is 4.98 Å². The molecule has 0 aliphatic carbocycles. The number of hydrogen-bond donors (Lipinski definition) is 1. The van der Waals surface area contributed by atoms with Crippen LogP contribution in [-0.2, 0) is 9.59 Å². The Bertz CT molecular complexity index is 1090. The minimum atomic E-state index is -0.668. The molecule has 1 aliphatic rings. The highest BCUT2D eigenvalue weighted by molar-refractivity contribution is 7.09.